The van der Waals surface area contributed by atoms with Gasteiger partial charge in [-0.15, -0.1) is 0 Å². The lowest BCUT2D eigenvalue weighted by molar-refractivity contribution is -0.0551. The Hall–Kier alpha value is -1.01. The minimum atomic E-state index is -0.255. The van der Waals surface area contributed by atoms with E-state index >= 15 is 0 Å². The average molecular weight is 254 g/mol. The summed E-state index contributed by atoms with van der Waals surface area (Å²) < 4.78 is 18.5. The van der Waals surface area contributed by atoms with Gasteiger partial charge in [-0.25, -0.2) is 4.39 Å². The second-order valence-electron chi connectivity index (χ2n) is 4.53. The number of hydrogen-bond acceptors (Lipinski definition) is 4. The van der Waals surface area contributed by atoms with E-state index in [2.05, 4.69) is 4.90 Å². The van der Waals surface area contributed by atoms with Crippen LogP contribution in [0.4, 0.5) is 4.39 Å². The van der Waals surface area contributed by atoms with Crippen LogP contribution in [0.3, 0.4) is 0 Å². The molecule has 4 nitrogen and oxygen atoms in total. The molecule has 1 aromatic rings. The first-order chi connectivity index (χ1) is 8.72. The van der Waals surface area contributed by atoms with Gasteiger partial charge in [0, 0.05) is 26.2 Å². The highest BCUT2D eigenvalue weighted by molar-refractivity contribution is 5.27. The molecule has 1 atom stereocenters. The van der Waals surface area contributed by atoms with E-state index in [0.29, 0.717) is 26.2 Å². The third-order valence-electron chi connectivity index (χ3n) is 3.21. The van der Waals surface area contributed by atoms with Gasteiger partial charge >= 0.3 is 0 Å². The fourth-order valence-corrected chi connectivity index (χ4v) is 2.21. The third kappa shape index (κ3) is 3.26. The van der Waals surface area contributed by atoms with Gasteiger partial charge in [-0.2, -0.15) is 0 Å². The van der Waals surface area contributed by atoms with Gasteiger partial charge in [0.2, 0.25) is 0 Å². The van der Waals surface area contributed by atoms with E-state index < -0.39 is 0 Å². The van der Waals surface area contributed by atoms with Crippen LogP contribution in [0, 0.1) is 5.82 Å². The molecule has 0 bridgehead atoms. The zero-order valence-electron chi connectivity index (χ0n) is 10.3. The molecule has 1 aliphatic heterocycles. The predicted octanol–water partition coefficient (Wildman–Crippen LogP) is 0.478. The summed E-state index contributed by atoms with van der Waals surface area (Å²) in [6.07, 6.45) is -0.125. The van der Waals surface area contributed by atoms with Gasteiger partial charge in [0.05, 0.1) is 19.3 Å². The number of aliphatic hydroxyl groups is 1. The van der Waals surface area contributed by atoms with Crippen LogP contribution in [0.5, 0.6) is 0 Å². The van der Waals surface area contributed by atoms with Gasteiger partial charge in [0.25, 0.3) is 0 Å². The molecule has 5 heteroatoms. The fourth-order valence-electron chi connectivity index (χ4n) is 2.21. The van der Waals surface area contributed by atoms with Crippen LogP contribution >= 0.6 is 0 Å². The van der Waals surface area contributed by atoms with E-state index in [1.807, 2.05) is 0 Å². The van der Waals surface area contributed by atoms with Gasteiger partial charge < -0.3 is 15.6 Å². The number of aliphatic hydroxyl groups excluding tert-OH is 1. The van der Waals surface area contributed by atoms with E-state index in [0.717, 1.165) is 17.7 Å². The SMILES string of the molecule is NCc1cc(F)ccc1CN1CCOC(CO)C1. The molecule has 100 valence electrons. The monoisotopic (exact) mass is 254 g/mol. The second-order valence-corrected chi connectivity index (χ2v) is 4.53. The van der Waals surface area contributed by atoms with Gasteiger partial charge in [-0.1, -0.05) is 6.07 Å². The summed E-state index contributed by atoms with van der Waals surface area (Å²) >= 11 is 0. The number of ether oxygens (including phenoxy) is 1. The zero-order valence-corrected chi connectivity index (χ0v) is 10.3. The molecule has 1 aliphatic rings. The maximum absolute atomic E-state index is 13.1. The van der Waals surface area contributed by atoms with Crippen LogP contribution in [0.1, 0.15) is 11.1 Å². The topological polar surface area (TPSA) is 58.7 Å². The van der Waals surface area contributed by atoms with Gasteiger partial charge in [-0.05, 0) is 23.3 Å². The van der Waals surface area contributed by atoms with Crippen molar-refractivity contribution in [2.75, 3.05) is 26.3 Å². The van der Waals surface area contributed by atoms with Crippen molar-refractivity contribution in [2.24, 2.45) is 5.73 Å². The van der Waals surface area contributed by atoms with Crippen LogP contribution in [-0.2, 0) is 17.8 Å². The highest BCUT2D eigenvalue weighted by Gasteiger charge is 2.20. The summed E-state index contributed by atoms with van der Waals surface area (Å²) in [5, 5.41) is 9.09. The Balaban J connectivity index is 2.04. The molecular weight excluding hydrogens is 235 g/mol. The Bertz CT molecular complexity index is 401. The van der Waals surface area contributed by atoms with E-state index in [4.69, 9.17) is 15.6 Å². The normalized spacial score (nSPS) is 21.2. The summed E-state index contributed by atoms with van der Waals surface area (Å²) in [4.78, 5) is 2.19. The number of rotatable bonds is 4. The van der Waals surface area contributed by atoms with Crippen LogP contribution in [-0.4, -0.2) is 42.4 Å². The Morgan fingerprint density at radius 2 is 2.28 bits per heavy atom. The molecule has 0 spiro atoms. The number of morpholine rings is 1. The lowest BCUT2D eigenvalue weighted by Crippen LogP contribution is -2.43. The lowest BCUT2D eigenvalue weighted by atomic mass is 10.1. The predicted molar refractivity (Wildman–Crippen MR) is 66.4 cm³/mol. The van der Waals surface area contributed by atoms with E-state index in [9.17, 15) is 4.39 Å². The largest absolute Gasteiger partial charge is 0.394 e. The molecule has 0 radical (unpaired) electrons. The molecule has 3 N–H and O–H groups in total. The summed E-state index contributed by atoms with van der Waals surface area (Å²) in [6.45, 7) is 3.21. The highest BCUT2D eigenvalue weighted by atomic mass is 19.1. The summed E-state index contributed by atoms with van der Waals surface area (Å²) in [7, 11) is 0. The van der Waals surface area contributed by atoms with E-state index in [-0.39, 0.29) is 18.5 Å². The van der Waals surface area contributed by atoms with Gasteiger partial charge in [-0.3, -0.25) is 4.90 Å². The van der Waals surface area contributed by atoms with Gasteiger partial charge in [0.1, 0.15) is 5.82 Å². The first-order valence-electron chi connectivity index (χ1n) is 6.15. The Kier molecular flexibility index (Phi) is 4.66. The van der Waals surface area contributed by atoms with Crippen molar-refractivity contribution in [3.05, 3.63) is 35.1 Å². The third-order valence-corrected chi connectivity index (χ3v) is 3.21. The molecule has 0 aliphatic carbocycles. The summed E-state index contributed by atoms with van der Waals surface area (Å²) in [6, 6.07) is 4.72. The van der Waals surface area contributed by atoms with Crippen molar-refractivity contribution in [2.45, 2.75) is 19.2 Å². The van der Waals surface area contributed by atoms with E-state index in [1.54, 1.807) is 6.07 Å². The maximum Gasteiger partial charge on any atom is 0.123 e. The maximum atomic E-state index is 13.1. The van der Waals surface area contributed by atoms with Crippen molar-refractivity contribution in [1.29, 1.82) is 0 Å². The molecule has 1 fully saturated rings. The molecule has 0 saturated carbocycles. The first-order valence-corrected chi connectivity index (χ1v) is 6.15. The van der Waals surface area contributed by atoms with Crippen molar-refractivity contribution < 1.29 is 14.2 Å². The molecule has 1 unspecified atom stereocenters. The van der Waals surface area contributed by atoms with Crippen molar-refractivity contribution in [3.63, 3.8) is 0 Å². The number of nitrogens with zero attached hydrogens (tertiary/aromatic N) is 1. The Morgan fingerprint density at radius 1 is 1.44 bits per heavy atom. The van der Waals surface area contributed by atoms with Crippen LogP contribution in [0.25, 0.3) is 0 Å². The van der Waals surface area contributed by atoms with Crippen molar-refractivity contribution in [1.82, 2.24) is 4.90 Å². The Morgan fingerprint density at radius 3 is 3.00 bits per heavy atom. The summed E-state index contributed by atoms with van der Waals surface area (Å²) in [5.74, 6) is -0.255. The molecule has 2 rings (SSSR count). The minimum Gasteiger partial charge on any atom is -0.394 e. The fraction of sp³-hybridized carbons (Fsp3) is 0.538. The molecular formula is C13H19FN2O2. The molecule has 0 amide bonds. The molecule has 1 saturated heterocycles. The van der Waals surface area contributed by atoms with Crippen molar-refractivity contribution in [3.8, 4) is 0 Å². The zero-order chi connectivity index (χ0) is 13.0. The number of halogens is 1. The lowest BCUT2D eigenvalue weighted by Gasteiger charge is -2.32. The smallest absolute Gasteiger partial charge is 0.123 e. The second kappa shape index (κ2) is 6.24. The molecule has 1 aromatic carbocycles. The number of benzene rings is 1. The molecule has 1 heterocycles. The van der Waals surface area contributed by atoms with Crippen LogP contribution in [0.15, 0.2) is 18.2 Å². The first kappa shape index (κ1) is 13.4. The highest BCUT2D eigenvalue weighted by Crippen LogP contribution is 2.15. The quantitative estimate of drug-likeness (QED) is 0.820. The Labute approximate surface area is 106 Å². The van der Waals surface area contributed by atoms with E-state index in [1.165, 1.54) is 12.1 Å². The standard InChI is InChI=1S/C13H19FN2O2/c14-12-2-1-10(11(5-12)6-15)7-16-3-4-18-13(8-16)9-17/h1-2,5,13,17H,3-4,6-9,15H2. The molecule has 0 aromatic heterocycles. The average Bonchev–Trinajstić information content (AvgIpc) is 2.41. The van der Waals surface area contributed by atoms with Crippen molar-refractivity contribution >= 4 is 0 Å². The summed E-state index contributed by atoms with van der Waals surface area (Å²) in [5.41, 5.74) is 7.50. The minimum absolute atomic E-state index is 0.0314. The number of nitrogens with two attached hydrogens (primary N) is 1. The van der Waals surface area contributed by atoms with Crippen LogP contribution < -0.4 is 5.73 Å². The van der Waals surface area contributed by atoms with Crippen LogP contribution in [0.2, 0.25) is 0 Å². The molecule has 18 heavy (non-hydrogen) atoms. The number of hydrogen-bond donors (Lipinski definition) is 2. The van der Waals surface area contributed by atoms with Gasteiger partial charge in [0.15, 0.2) is 0 Å².